The van der Waals surface area contributed by atoms with Crippen LogP contribution >= 0.6 is 11.6 Å². The summed E-state index contributed by atoms with van der Waals surface area (Å²) in [5.74, 6) is 1.45. The van der Waals surface area contributed by atoms with Gasteiger partial charge in [-0.05, 0) is 0 Å². The number of hydrogen-bond acceptors (Lipinski definition) is 3. The monoisotopic (exact) mass is 184 g/mol. The van der Waals surface area contributed by atoms with Crippen molar-refractivity contribution in [1.82, 2.24) is 4.57 Å². The Morgan fingerprint density at radius 3 is 3.17 bits per heavy atom. The Morgan fingerprint density at radius 2 is 2.50 bits per heavy atom. The molecule has 12 heavy (non-hydrogen) atoms. The van der Waals surface area contributed by atoms with E-state index in [-0.39, 0.29) is 0 Å². The van der Waals surface area contributed by atoms with Crippen molar-refractivity contribution in [1.29, 1.82) is 0 Å². The van der Waals surface area contributed by atoms with Crippen LogP contribution in [0.5, 0.6) is 0 Å². The number of rotatable bonds is 0. The molecule has 1 aromatic rings. The van der Waals surface area contributed by atoms with Crippen molar-refractivity contribution >= 4 is 23.3 Å². The van der Waals surface area contributed by atoms with E-state index in [1.54, 1.807) is 0 Å². The highest BCUT2D eigenvalue weighted by atomic mass is 35.5. The van der Waals surface area contributed by atoms with Crippen LogP contribution in [0.2, 0.25) is 5.02 Å². The topological polar surface area (TPSA) is 55.3 Å². The first-order valence-electron chi connectivity index (χ1n) is 3.59. The third-order valence-corrected chi connectivity index (χ3v) is 2.17. The van der Waals surface area contributed by atoms with E-state index >= 15 is 0 Å². The summed E-state index contributed by atoms with van der Waals surface area (Å²) in [6.45, 7) is 0.521. The fourth-order valence-corrected chi connectivity index (χ4v) is 1.66. The first-order chi connectivity index (χ1) is 5.70. The molecule has 1 aromatic heterocycles. The first-order valence-corrected chi connectivity index (χ1v) is 3.97. The zero-order valence-electron chi connectivity index (χ0n) is 6.63. The number of nitrogens with two attached hydrogens (primary N) is 1. The average molecular weight is 185 g/mol. The van der Waals surface area contributed by atoms with Crippen molar-refractivity contribution in [2.24, 2.45) is 17.8 Å². The Hall–Kier alpha value is -1.16. The average Bonchev–Trinajstić information content (AvgIpc) is 2.29. The lowest BCUT2D eigenvalue weighted by Crippen LogP contribution is -2.22. The number of fused-ring (bicyclic) bond motifs is 1. The molecule has 0 aliphatic carbocycles. The van der Waals surface area contributed by atoms with Crippen LogP contribution in [-0.4, -0.2) is 17.1 Å². The van der Waals surface area contributed by atoms with Crippen LogP contribution in [0.3, 0.4) is 0 Å². The second-order valence-corrected chi connectivity index (χ2v) is 3.10. The third kappa shape index (κ3) is 0.881. The lowest BCUT2D eigenvalue weighted by Gasteiger charge is -2.13. The molecule has 0 saturated carbocycles. The molecule has 64 valence electrons. The van der Waals surface area contributed by atoms with Gasteiger partial charge in [0.1, 0.15) is 18.3 Å². The molecule has 0 amide bonds. The van der Waals surface area contributed by atoms with Crippen molar-refractivity contribution < 1.29 is 0 Å². The number of halogens is 1. The smallest absolute Gasteiger partial charge is 0.132 e. The van der Waals surface area contributed by atoms with Crippen LogP contribution < -0.4 is 11.1 Å². The predicted molar refractivity (Wildman–Crippen MR) is 49.6 cm³/mol. The van der Waals surface area contributed by atoms with Crippen molar-refractivity contribution in [2.45, 2.75) is 0 Å². The van der Waals surface area contributed by atoms with Gasteiger partial charge in [-0.1, -0.05) is 11.6 Å². The Labute approximate surface area is 75.0 Å². The van der Waals surface area contributed by atoms with Gasteiger partial charge in [0.25, 0.3) is 0 Å². The number of hydrogen-bond donors (Lipinski definition) is 2. The molecule has 0 radical (unpaired) electrons. The van der Waals surface area contributed by atoms with Crippen LogP contribution in [0.1, 0.15) is 5.56 Å². The van der Waals surface area contributed by atoms with E-state index in [1.807, 2.05) is 17.8 Å². The van der Waals surface area contributed by atoms with E-state index in [9.17, 15) is 0 Å². The van der Waals surface area contributed by atoms with Gasteiger partial charge >= 0.3 is 0 Å². The number of anilines is 1. The Morgan fingerprint density at radius 1 is 1.75 bits per heavy atom. The summed E-state index contributed by atoms with van der Waals surface area (Å²) in [5, 5.41) is 3.73. The van der Waals surface area contributed by atoms with Crippen LogP contribution in [0.15, 0.2) is 11.2 Å². The van der Waals surface area contributed by atoms with Gasteiger partial charge in [0.15, 0.2) is 0 Å². The number of amidine groups is 1. The third-order valence-electron chi connectivity index (χ3n) is 1.89. The van der Waals surface area contributed by atoms with E-state index in [0.29, 0.717) is 17.5 Å². The van der Waals surface area contributed by atoms with E-state index < -0.39 is 0 Å². The molecule has 2 heterocycles. The summed E-state index contributed by atoms with van der Waals surface area (Å²) < 4.78 is 1.90. The number of nitrogens with zero attached hydrogens (tertiary/aromatic N) is 2. The van der Waals surface area contributed by atoms with E-state index in [2.05, 4.69) is 10.3 Å². The number of nitrogens with one attached hydrogen (secondary N) is 1. The second-order valence-electron chi connectivity index (χ2n) is 2.69. The van der Waals surface area contributed by atoms with Crippen LogP contribution in [0, 0.1) is 0 Å². The SMILES string of the molecule is Cn1cc(Cl)c2c1NCN=C2N. The molecule has 0 saturated heterocycles. The van der Waals surface area contributed by atoms with Gasteiger partial charge < -0.3 is 15.6 Å². The minimum absolute atomic E-state index is 0.509. The highest BCUT2D eigenvalue weighted by Crippen LogP contribution is 2.27. The number of aromatic nitrogens is 1. The molecule has 0 aromatic carbocycles. The van der Waals surface area contributed by atoms with Crippen molar-refractivity contribution in [2.75, 3.05) is 12.0 Å². The van der Waals surface area contributed by atoms with Crippen molar-refractivity contribution in [3.05, 3.63) is 16.8 Å². The molecule has 4 nitrogen and oxygen atoms in total. The standard InChI is InChI=1S/C7H9ClN4/c1-12-2-4(8)5-6(9)10-3-11-7(5)12/h2,11H,3H2,1H3,(H2,9,10). The van der Waals surface area contributed by atoms with Gasteiger partial charge in [0.05, 0.1) is 10.6 Å². The lowest BCUT2D eigenvalue weighted by molar-refractivity contribution is 0.910. The van der Waals surface area contributed by atoms with Crippen LogP contribution in [0.25, 0.3) is 0 Å². The number of aliphatic imine (C=N–C) groups is 1. The zero-order chi connectivity index (χ0) is 8.72. The van der Waals surface area contributed by atoms with Crippen LogP contribution in [0.4, 0.5) is 5.82 Å². The molecule has 1 aliphatic heterocycles. The molecule has 0 unspecified atom stereocenters. The van der Waals surface area contributed by atoms with Crippen LogP contribution in [-0.2, 0) is 7.05 Å². The molecule has 0 bridgehead atoms. The number of aryl methyl sites for hydroxylation is 1. The fraction of sp³-hybridized carbons (Fsp3) is 0.286. The Kier molecular flexibility index (Phi) is 1.51. The summed E-state index contributed by atoms with van der Waals surface area (Å²) in [5.41, 5.74) is 6.48. The minimum Gasteiger partial charge on any atom is -0.383 e. The van der Waals surface area contributed by atoms with E-state index in [0.717, 1.165) is 11.4 Å². The van der Waals surface area contributed by atoms with E-state index in [4.69, 9.17) is 17.3 Å². The van der Waals surface area contributed by atoms with Gasteiger partial charge in [-0.25, -0.2) is 4.99 Å². The summed E-state index contributed by atoms with van der Waals surface area (Å²) in [6, 6.07) is 0. The molecule has 0 fully saturated rings. The second kappa shape index (κ2) is 2.42. The first kappa shape index (κ1) is 7.49. The van der Waals surface area contributed by atoms with Gasteiger partial charge in [0.2, 0.25) is 0 Å². The fourth-order valence-electron chi connectivity index (χ4n) is 1.32. The van der Waals surface area contributed by atoms with Crippen molar-refractivity contribution in [3.8, 4) is 0 Å². The summed E-state index contributed by atoms with van der Waals surface area (Å²) in [6.07, 6.45) is 1.81. The Bertz CT molecular complexity index is 353. The largest absolute Gasteiger partial charge is 0.383 e. The maximum Gasteiger partial charge on any atom is 0.132 e. The van der Waals surface area contributed by atoms with Crippen molar-refractivity contribution in [3.63, 3.8) is 0 Å². The van der Waals surface area contributed by atoms with Gasteiger partial charge in [0, 0.05) is 13.2 Å². The highest BCUT2D eigenvalue weighted by Gasteiger charge is 2.18. The maximum atomic E-state index is 5.94. The molecule has 1 aliphatic rings. The van der Waals surface area contributed by atoms with Gasteiger partial charge in [-0.3, -0.25) is 0 Å². The van der Waals surface area contributed by atoms with E-state index in [1.165, 1.54) is 0 Å². The summed E-state index contributed by atoms with van der Waals surface area (Å²) in [4.78, 5) is 4.03. The Balaban J connectivity index is 2.66. The maximum absolute atomic E-state index is 5.94. The molecule has 5 heteroatoms. The zero-order valence-corrected chi connectivity index (χ0v) is 7.39. The molecule has 3 N–H and O–H groups in total. The summed E-state index contributed by atoms with van der Waals surface area (Å²) >= 11 is 5.94. The van der Waals surface area contributed by atoms with Gasteiger partial charge in [-0.2, -0.15) is 0 Å². The highest BCUT2D eigenvalue weighted by molar-refractivity contribution is 6.35. The molecular weight excluding hydrogens is 176 g/mol. The minimum atomic E-state index is 0.509. The van der Waals surface area contributed by atoms with Gasteiger partial charge in [-0.15, -0.1) is 0 Å². The molecule has 2 rings (SSSR count). The quantitative estimate of drug-likeness (QED) is 0.626. The lowest BCUT2D eigenvalue weighted by atomic mass is 10.2. The predicted octanol–water partition coefficient (Wildman–Crippen LogP) is 0.767. The molecular formula is C7H9ClN4. The molecule has 0 atom stereocenters. The molecule has 0 spiro atoms. The summed E-state index contributed by atoms with van der Waals surface area (Å²) in [7, 11) is 1.91. The normalized spacial score (nSPS) is 15.0.